The second kappa shape index (κ2) is 5.01. The molecular formula is C14H18N2O. The summed E-state index contributed by atoms with van der Waals surface area (Å²) in [6.45, 7) is 8.40. The first-order valence-corrected chi connectivity index (χ1v) is 5.62. The van der Waals surface area contributed by atoms with Crippen LogP contribution in [0.15, 0.2) is 18.2 Å². The monoisotopic (exact) mass is 230 g/mol. The number of carbonyl (C=O) groups excluding carboxylic acids is 1. The molecule has 0 aliphatic carbocycles. The van der Waals surface area contributed by atoms with Crippen LogP contribution in [0, 0.1) is 18.3 Å². The van der Waals surface area contributed by atoms with Gasteiger partial charge in [-0.15, -0.1) is 0 Å². The minimum atomic E-state index is -0.265. The second-order valence-corrected chi connectivity index (χ2v) is 5.16. The lowest BCUT2D eigenvalue weighted by atomic mass is 9.86. The maximum atomic E-state index is 11.3. The largest absolute Gasteiger partial charge is 0.325 e. The molecule has 0 aliphatic rings. The molecule has 1 amide bonds. The van der Waals surface area contributed by atoms with Gasteiger partial charge < -0.3 is 5.32 Å². The van der Waals surface area contributed by atoms with Gasteiger partial charge >= 0.3 is 0 Å². The SMILES string of the molecule is Cc1cc(C(C)(C)C)ccc1NC(=O)CC#N. The fourth-order valence-electron chi connectivity index (χ4n) is 1.54. The number of amides is 1. The highest BCUT2D eigenvalue weighted by atomic mass is 16.1. The molecule has 0 heterocycles. The molecule has 1 rings (SSSR count). The molecule has 0 fully saturated rings. The van der Waals surface area contributed by atoms with Gasteiger partial charge in [-0.25, -0.2) is 0 Å². The van der Waals surface area contributed by atoms with Crippen molar-refractivity contribution in [1.82, 2.24) is 0 Å². The molecular weight excluding hydrogens is 212 g/mol. The van der Waals surface area contributed by atoms with Crippen LogP contribution in [0.4, 0.5) is 5.69 Å². The number of nitriles is 1. The van der Waals surface area contributed by atoms with Crippen LogP contribution in [0.3, 0.4) is 0 Å². The minimum absolute atomic E-state index is 0.0972. The van der Waals surface area contributed by atoms with Crippen molar-refractivity contribution in [2.45, 2.75) is 39.5 Å². The van der Waals surface area contributed by atoms with Gasteiger partial charge in [0.15, 0.2) is 0 Å². The minimum Gasteiger partial charge on any atom is -0.325 e. The topological polar surface area (TPSA) is 52.9 Å². The first-order valence-electron chi connectivity index (χ1n) is 5.62. The molecule has 0 saturated carbocycles. The van der Waals surface area contributed by atoms with Crippen LogP contribution >= 0.6 is 0 Å². The van der Waals surface area contributed by atoms with Crippen LogP contribution in [0.25, 0.3) is 0 Å². The summed E-state index contributed by atoms with van der Waals surface area (Å²) < 4.78 is 0. The van der Waals surface area contributed by atoms with Gasteiger partial charge in [-0.05, 0) is 29.5 Å². The summed E-state index contributed by atoms with van der Waals surface area (Å²) in [5.74, 6) is -0.265. The summed E-state index contributed by atoms with van der Waals surface area (Å²) >= 11 is 0. The Labute approximate surface area is 102 Å². The van der Waals surface area contributed by atoms with Crippen LogP contribution in [-0.4, -0.2) is 5.91 Å². The van der Waals surface area contributed by atoms with Crippen molar-refractivity contribution in [3.05, 3.63) is 29.3 Å². The van der Waals surface area contributed by atoms with Crippen molar-refractivity contribution in [1.29, 1.82) is 5.26 Å². The number of aryl methyl sites for hydroxylation is 1. The van der Waals surface area contributed by atoms with Crippen LogP contribution in [0.5, 0.6) is 0 Å². The number of hydrogen-bond acceptors (Lipinski definition) is 2. The molecule has 1 N–H and O–H groups in total. The summed E-state index contributed by atoms with van der Waals surface area (Å²) in [5.41, 5.74) is 3.12. The quantitative estimate of drug-likeness (QED) is 0.848. The molecule has 0 radical (unpaired) electrons. The highest BCUT2D eigenvalue weighted by molar-refractivity contribution is 5.92. The van der Waals surface area contributed by atoms with E-state index in [9.17, 15) is 4.79 Å². The molecule has 90 valence electrons. The van der Waals surface area contributed by atoms with E-state index >= 15 is 0 Å². The molecule has 0 spiro atoms. The Morgan fingerprint density at radius 2 is 2.06 bits per heavy atom. The Kier molecular flexibility index (Phi) is 3.90. The van der Waals surface area contributed by atoms with E-state index in [2.05, 4.69) is 32.2 Å². The van der Waals surface area contributed by atoms with Crippen molar-refractivity contribution in [3.8, 4) is 6.07 Å². The van der Waals surface area contributed by atoms with E-state index in [1.807, 2.05) is 25.1 Å². The zero-order valence-electron chi connectivity index (χ0n) is 10.8. The Morgan fingerprint density at radius 3 is 2.53 bits per heavy atom. The standard InChI is InChI=1S/C14H18N2O/c1-10-9-11(14(2,3)4)5-6-12(10)16-13(17)7-8-15/h5-6,9H,7H2,1-4H3,(H,16,17). The maximum Gasteiger partial charge on any atom is 0.238 e. The second-order valence-electron chi connectivity index (χ2n) is 5.16. The Morgan fingerprint density at radius 1 is 1.41 bits per heavy atom. The molecule has 1 aromatic carbocycles. The summed E-state index contributed by atoms with van der Waals surface area (Å²) in [5, 5.41) is 11.2. The number of nitrogens with zero attached hydrogens (tertiary/aromatic N) is 1. The number of rotatable bonds is 2. The number of carbonyl (C=O) groups is 1. The molecule has 0 aliphatic heterocycles. The van der Waals surface area contributed by atoms with E-state index in [4.69, 9.17) is 5.26 Å². The highest BCUT2D eigenvalue weighted by Crippen LogP contribution is 2.26. The predicted octanol–water partition coefficient (Wildman–Crippen LogP) is 3.14. The van der Waals surface area contributed by atoms with Crippen molar-refractivity contribution >= 4 is 11.6 Å². The number of benzene rings is 1. The van der Waals surface area contributed by atoms with E-state index in [0.717, 1.165) is 11.3 Å². The van der Waals surface area contributed by atoms with Crippen molar-refractivity contribution in [2.75, 3.05) is 5.32 Å². The van der Waals surface area contributed by atoms with E-state index < -0.39 is 0 Å². The highest BCUT2D eigenvalue weighted by Gasteiger charge is 2.14. The van der Waals surface area contributed by atoms with Crippen LogP contribution in [0.2, 0.25) is 0 Å². The smallest absolute Gasteiger partial charge is 0.238 e. The third-order valence-electron chi connectivity index (χ3n) is 2.61. The van der Waals surface area contributed by atoms with Crippen molar-refractivity contribution in [2.24, 2.45) is 0 Å². The van der Waals surface area contributed by atoms with Gasteiger partial charge in [0.25, 0.3) is 0 Å². The average Bonchev–Trinajstić information content (AvgIpc) is 2.20. The van der Waals surface area contributed by atoms with Crippen molar-refractivity contribution < 1.29 is 4.79 Å². The third kappa shape index (κ3) is 3.60. The zero-order chi connectivity index (χ0) is 13.1. The first-order chi connectivity index (χ1) is 7.84. The molecule has 3 nitrogen and oxygen atoms in total. The maximum absolute atomic E-state index is 11.3. The third-order valence-corrected chi connectivity index (χ3v) is 2.61. The van der Waals surface area contributed by atoms with E-state index in [1.165, 1.54) is 5.56 Å². The summed E-state index contributed by atoms with van der Waals surface area (Å²) in [6.07, 6.45) is -0.111. The zero-order valence-corrected chi connectivity index (χ0v) is 10.8. The Hall–Kier alpha value is -1.82. The number of anilines is 1. The van der Waals surface area contributed by atoms with Crippen molar-refractivity contribution in [3.63, 3.8) is 0 Å². The van der Waals surface area contributed by atoms with Gasteiger partial charge in [0.2, 0.25) is 5.91 Å². The molecule has 3 heteroatoms. The van der Waals surface area contributed by atoms with Gasteiger partial charge in [-0.1, -0.05) is 32.9 Å². The Balaban J connectivity index is 2.92. The summed E-state index contributed by atoms with van der Waals surface area (Å²) in [6, 6.07) is 7.81. The first kappa shape index (κ1) is 13.2. The normalized spacial score (nSPS) is 10.8. The van der Waals surface area contributed by atoms with Gasteiger partial charge in [-0.3, -0.25) is 4.79 Å². The van der Waals surface area contributed by atoms with Gasteiger partial charge in [0.1, 0.15) is 6.42 Å². The summed E-state index contributed by atoms with van der Waals surface area (Å²) in [4.78, 5) is 11.3. The van der Waals surface area contributed by atoms with Gasteiger partial charge in [0, 0.05) is 5.69 Å². The lowest BCUT2D eigenvalue weighted by Gasteiger charge is -2.20. The van der Waals surface area contributed by atoms with Crippen LogP contribution < -0.4 is 5.32 Å². The lowest BCUT2D eigenvalue weighted by molar-refractivity contribution is -0.115. The molecule has 0 bridgehead atoms. The van der Waals surface area contributed by atoms with E-state index in [0.29, 0.717) is 0 Å². The molecule has 0 aromatic heterocycles. The Bertz CT molecular complexity index is 464. The van der Waals surface area contributed by atoms with Gasteiger partial charge in [0.05, 0.1) is 6.07 Å². The molecule has 0 saturated heterocycles. The molecule has 1 aromatic rings. The number of nitrogens with one attached hydrogen (secondary N) is 1. The van der Waals surface area contributed by atoms with Gasteiger partial charge in [-0.2, -0.15) is 5.26 Å². The fourth-order valence-corrected chi connectivity index (χ4v) is 1.54. The van der Waals surface area contributed by atoms with Crippen LogP contribution in [-0.2, 0) is 10.2 Å². The number of hydrogen-bond donors (Lipinski definition) is 1. The summed E-state index contributed by atoms with van der Waals surface area (Å²) in [7, 11) is 0. The lowest BCUT2D eigenvalue weighted by Crippen LogP contribution is -2.14. The molecule has 0 unspecified atom stereocenters. The molecule has 0 atom stereocenters. The van der Waals surface area contributed by atoms with Crippen LogP contribution in [0.1, 0.15) is 38.3 Å². The van der Waals surface area contributed by atoms with E-state index in [1.54, 1.807) is 0 Å². The van der Waals surface area contributed by atoms with E-state index in [-0.39, 0.29) is 17.7 Å². The fraction of sp³-hybridized carbons (Fsp3) is 0.429. The predicted molar refractivity (Wildman–Crippen MR) is 68.7 cm³/mol. The molecule has 17 heavy (non-hydrogen) atoms. The average molecular weight is 230 g/mol.